The van der Waals surface area contributed by atoms with Crippen LogP contribution >= 0.6 is 23.2 Å². The first-order chi connectivity index (χ1) is 3.18. The van der Waals surface area contributed by atoms with Crippen LogP contribution in [0.2, 0.25) is 0 Å². The summed E-state index contributed by atoms with van der Waals surface area (Å²) in [6.45, 7) is -0.558. The fourth-order valence-corrected chi connectivity index (χ4v) is 0.185. The Morgan fingerprint density at radius 3 is 2.00 bits per heavy atom. The predicted molar refractivity (Wildman–Crippen MR) is 26.2 cm³/mol. The average molecular weight is 146 g/mol. The van der Waals surface area contributed by atoms with E-state index in [-0.39, 0.29) is 0 Å². The van der Waals surface area contributed by atoms with E-state index in [2.05, 4.69) is 0 Å². The summed E-state index contributed by atoms with van der Waals surface area (Å²) in [5, 5.41) is 16.6. The van der Waals surface area contributed by atoms with Crippen LogP contribution in [0, 0.1) is 0 Å². The summed E-state index contributed by atoms with van der Waals surface area (Å²) in [4.78, 5) is -1.05. The van der Waals surface area contributed by atoms with Crippen molar-refractivity contribution in [1.29, 1.82) is 0 Å². The van der Waals surface area contributed by atoms with Gasteiger partial charge in [0.05, 0.1) is 0 Å². The molecule has 0 amide bonds. The van der Waals surface area contributed by atoms with Gasteiger partial charge in [0.25, 0.3) is 0 Å². The van der Waals surface area contributed by atoms with Crippen LogP contribution < -0.4 is 0 Å². The Bertz CT molecular complexity index is 51.0. The average Bonchev–Trinajstić information content (AvgIpc) is 1.65. The second-order valence-electron chi connectivity index (χ2n) is 0.859. The van der Waals surface area contributed by atoms with Crippen LogP contribution in [0.15, 0.2) is 0 Å². The summed E-state index contributed by atoms with van der Waals surface area (Å²) in [7, 11) is 0. The van der Waals surface area contributed by atoms with Crippen molar-refractivity contribution in [3.63, 3.8) is 0 Å². The number of nitrogens with zero attached hydrogens (tertiary/aromatic N) is 1. The van der Waals surface area contributed by atoms with Gasteiger partial charge in [0, 0.05) is 0 Å². The van der Waals surface area contributed by atoms with Gasteiger partial charge in [0.15, 0.2) is 4.96 Å². The molecule has 0 aliphatic heterocycles. The zero-order valence-corrected chi connectivity index (χ0v) is 4.89. The highest BCUT2D eigenvalue weighted by Gasteiger charge is 2.05. The number of halogens is 2. The smallest absolute Gasteiger partial charge is 0.184 e. The number of aliphatic hydroxyl groups is 1. The van der Waals surface area contributed by atoms with Gasteiger partial charge in [-0.15, -0.1) is 5.06 Å². The molecule has 0 bridgehead atoms. The Morgan fingerprint density at radius 1 is 1.57 bits per heavy atom. The first-order valence-corrected chi connectivity index (χ1v) is 2.40. The van der Waals surface area contributed by atoms with Crippen LogP contribution in [0.25, 0.3) is 0 Å². The van der Waals surface area contributed by atoms with Crippen molar-refractivity contribution in [2.24, 2.45) is 0 Å². The van der Waals surface area contributed by atoms with Crippen molar-refractivity contribution in [3.05, 3.63) is 0 Å². The fraction of sp³-hybridized carbons (Fsp3) is 1.00. The van der Waals surface area contributed by atoms with Crippen LogP contribution in [0.3, 0.4) is 0 Å². The van der Waals surface area contributed by atoms with Gasteiger partial charge >= 0.3 is 0 Å². The molecule has 2 N–H and O–H groups in total. The lowest BCUT2D eigenvalue weighted by Crippen LogP contribution is -2.23. The zero-order valence-electron chi connectivity index (χ0n) is 3.38. The minimum atomic E-state index is -1.05. The van der Waals surface area contributed by atoms with Gasteiger partial charge in [-0.3, -0.25) is 0 Å². The highest BCUT2D eigenvalue weighted by atomic mass is 35.5. The highest BCUT2D eigenvalue weighted by Crippen LogP contribution is 2.03. The molecule has 0 aromatic rings. The maximum Gasteiger partial charge on any atom is 0.184 e. The maximum atomic E-state index is 8.25. The molecule has 0 radical (unpaired) electrons. The molecule has 7 heavy (non-hydrogen) atoms. The Hall–Kier alpha value is 0.460. The molecule has 0 unspecified atom stereocenters. The number of alkyl halides is 2. The monoisotopic (exact) mass is 145 g/mol. The van der Waals surface area contributed by atoms with Crippen molar-refractivity contribution < 1.29 is 10.3 Å². The molecular weight excluding hydrogens is 141 g/mol. The van der Waals surface area contributed by atoms with E-state index < -0.39 is 11.7 Å². The Balaban J connectivity index is 3.14. The molecule has 44 valence electrons. The predicted octanol–water partition coefficient (Wildman–Crippen LogP) is 0.389. The topological polar surface area (TPSA) is 43.7 Å². The van der Waals surface area contributed by atoms with Crippen molar-refractivity contribution in [3.8, 4) is 0 Å². The standard InChI is InChI=1S/C2H5Cl2NO2/c3-2(4)5(7)1-6/h2,6-7H,1H2. The third-order valence-corrected chi connectivity index (χ3v) is 0.821. The normalized spacial score (nSPS) is 11.1. The Labute approximate surface area is 51.0 Å². The molecule has 0 saturated heterocycles. The van der Waals surface area contributed by atoms with E-state index in [1.165, 1.54) is 0 Å². The quantitative estimate of drug-likeness (QED) is 0.256. The molecule has 0 rings (SSSR count). The Kier molecular flexibility index (Phi) is 3.69. The van der Waals surface area contributed by atoms with Gasteiger partial charge in [0.1, 0.15) is 6.73 Å². The second-order valence-corrected chi connectivity index (χ2v) is 1.91. The molecule has 0 aromatic heterocycles. The van der Waals surface area contributed by atoms with E-state index in [0.717, 1.165) is 0 Å². The summed E-state index contributed by atoms with van der Waals surface area (Å²) in [6.07, 6.45) is 0. The SMILES string of the molecule is OCN(O)C(Cl)Cl. The number of hydrogen-bond donors (Lipinski definition) is 2. The highest BCUT2D eigenvalue weighted by molar-refractivity contribution is 6.43. The lowest BCUT2D eigenvalue weighted by Gasteiger charge is -2.09. The molecule has 0 saturated carbocycles. The number of hydroxylamine groups is 2. The third kappa shape index (κ3) is 3.08. The lowest BCUT2D eigenvalue weighted by molar-refractivity contribution is -0.136. The van der Waals surface area contributed by atoms with Crippen molar-refractivity contribution in [2.75, 3.05) is 6.73 Å². The lowest BCUT2D eigenvalue weighted by atomic mass is 11.1. The van der Waals surface area contributed by atoms with Gasteiger partial charge < -0.3 is 10.3 Å². The van der Waals surface area contributed by atoms with Gasteiger partial charge in [-0.2, -0.15) is 0 Å². The summed E-state index contributed by atoms with van der Waals surface area (Å²) in [5.74, 6) is 0. The van der Waals surface area contributed by atoms with Gasteiger partial charge in [-0.05, 0) is 0 Å². The third-order valence-electron chi connectivity index (χ3n) is 0.370. The number of rotatable bonds is 2. The van der Waals surface area contributed by atoms with Crippen molar-refractivity contribution in [1.82, 2.24) is 5.06 Å². The number of aliphatic hydroxyl groups excluding tert-OH is 1. The minimum absolute atomic E-state index is 0.378. The summed E-state index contributed by atoms with van der Waals surface area (Å²) >= 11 is 10.0. The second kappa shape index (κ2) is 3.46. The van der Waals surface area contributed by atoms with Gasteiger partial charge in [0.2, 0.25) is 0 Å². The molecule has 0 atom stereocenters. The molecule has 0 aliphatic rings. The van der Waals surface area contributed by atoms with Crippen LogP contribution in [0.1, 0.15) is 0 Å². The molecule has 0 aromatic carbocycles. The zero-order chi connectivity index (χ0) is 5.86. The maximum absolute atomic E-state index is 8.25. The van der Waals surface area contributed by atoms with E-state index in [0.29, 0.717) is 5.06 Å². The van der Waals surface area contributed by atoms with Crippen LogP contribution in [0.5, 0.6) is 0 Å². The largest absolute Gasteiger partial charge is 0.379 e. The molecule has 0 heterocycles. The molecule has 0 aliphatic carbocycles. The Morgan fingerprint density at radius 2 is 2.00 bits per heavy atom. The molecule has 0 spiro atoms. The summed E-state index contributed by atoms with van der Waals surface area (Å²) in [5.41, 5.74) is 0. The number of hydrogen-bond acceptors (Lipinski definition) is 3. The van der Waals surface area contributed by atoms with E-state index in [1.807, 2.05) is 0 Å². The first kappa shape index (κ1) is 7.46. The van der Waals surface area contributed by atoms with Gasteiger partial charge in [-0.1, -0.05) is 23.2 Å². The van der Waals surface area contributed by atoms with E-state index in [9.17, 15) is 0 Å². The fourth-order valence-electron chi connectivity index (χ4n) is 0.0617. The van der Waals surface area contributed by atoms with Crippen LogP contribution in [-0.4, -0.2) is 27.1 Å². The van der Waals surface area contributed by atoms with Crippen molar-refractivity contribution >= 4 is 23.2 Å². The van der Waals surface area contributed by atoms with E-state index in [1.54, 1.807) is 0 Å². The van der Waals surface area contributed by atoms with Crippen molar-refractivity contribution in [2.45, 2.75) is 4.96 Å². The van der Waals surface area contributed by atoms with E-state index in [4.69, 9.17) is 33.5 Å². The minimum Gasteiger partial charge on any atom is -0.379 e. The molecule has 3 nitrogen and oxygen atoms in total. The first-order valence-electron chi connectivity index (χ1n) is 1.53. The summed E-state index contributed by atoms with van der Waals surface area (Å²) in [6, 6.07) is 0. The molecule has 5 heteroatoms. The van der Waals surface area contributed by atoms with Gasteiger partial charge in [-0.25, -0.2) is 0 Å². The molecular formula is C2H5Cl2NO2. The van der Waals surface area contributed by atoms with E-state index >= 15 is 0 Å². The molecule has 0 fully saturated rings. The van der Waals surface area contributed by atoms with Crippen LogP contribution in [-0.2, 0) is 0 Å². The van der Waals surface area contributed by atoms with Crippen LogP contribution in [0.4, 0.5) is 0 Å². The summed E-state index contributed by atoms with van der Waals surface area (Å²) < 4.78 is 0.